The van der Waals surface area contributed by atoms with Gasteiger partial charge in [-0.15, -0.1) is 0 Å². The summed E-state index contributed by atoms with van der Waals surface area (Å²) in [5, 5.41) is 13.4. The van der Waals surface area contributed by atoms with Crippen LogP contribution in [0.4, 0.5) is 5.82 Å². The van der Waals surface area contributed by atoms with Crippen molar-refractivity contribution in [3.05, 3.63) is 58.7 Å². The quantitative estimate of drug-likeness (QED) is 0.926. The molecular weight excluding hydrogens is 284 g/mol. The first-order valence-corrected chi connectivity index (χ1v) is 7.25. The van der Waals surface area contributed by atoms with E-state index in [0.717, 1.165) is 30.5 Å². The molecule has 1 aromatic heterocycles. The van der Waals surface area contributed by atoms with E-state index in [-0.39, 0.29) is 6.04 Å². The largest absolute Gasteiger partial charge is 0.346 e. The van der Waals surface area contributed by atoms with Crippen molar-refractivity contribution in [1.82, 2.24) is 10.3 Å². The van der Waals surface area contributed by atoms with Crippen LogP contribution in [-0.4, -0.2) is 24.6 Å². The number of nitrogens with zero attached hydrogens (tertiary/aromatic N) is 3. The highest BCUT2D eigenvalue weighted by atomic mass is 35.5. The molecular formula is C16H15ClN4. The topological polar surface area (TPSA) is 52.0 Å². The second kappa shape index (κ2) is 6.13. The molecule has 0 amide bonds. The molecule has 0 unspecified atom stereocenters. The summed E-state index contributed by atoms with van der Waals surface area (Å²) in [6, 6.07) is 13.8. The lowest BCUT2D eigenvalue weighted by atomic mass is 10.0. The van der Waals surface area contributed by atoms with Gasteiger partial charge in [0.2, 0.25) is 0 Å². The van der Waals surface area contributed by atoms with E-state index in [1.54, 1.807) is 12.3 Å². The summed E-state index contributed by atoms with van der Waals surface area (Å²) in [5.74, 6) is 0.751. The number of rotatable bonds is 2. The zero-order valence-corrected chi connectivity index (χ0v) is 12.2. The van der Waals surface area contributed by atoms with Gasteiger partial charge < -0.3 is 10.2 Å². The van der Waals surface area contributed by atoms with Crippen molar-refractivity contribution in [3.63, 3.8) is 0 Å². The van der Waals surface area contributed by atoms with Gasteiger partial charge in [-0.3, -0.25) is 0 Å². The van der Waals surface area contributed by atoms with Gasteiger partial charge in [-0.25, -0.2) is 4.98 Å². The van der Waals surface area contributed by atoms with Crippen molar-refractivity contribution in [1.29, 1.82) is 5.26 Å². The predicted molar refractivity (Wildman–Crippen MR) is 83.4 cm³/mol. The fourth-order valence-corrected chi connectivity index (χ4v) is 2.78. The van der Waals surface area contributed by atoms with Crippen LogP contribution in [0.3, 0.4) is 0 Å². The molecule has 2 aromatic rings. The second-order valence-corrected chi connectivity index (χ2v) is 5.39. The van der Waals surface area contributed by atoms with Gasteiger partial charge in [0, 0.05) is 30.9 Å². The smallest absolute Gasteiger partial charge is 0.147 e. The maximum Gasteiger partial charge on any atom is 0.147 e. The zero-order chi connectivity index (χ0) is 14.7. The summed E-state index contributed by atoms with van der Waals surface area (Å²) in [6.07, 6.45) is 1.73. The normalized spacial score (nSPS) is 18.3. The van der Waals surface area contributed by atoms with Crippen molar-refractivity contribution in [2.75, 3.05) is 24.5 Å². The summed E-state index contributed by atoms with van der Waals surface area (Å²) in [5.41, 5.74) is 1.78. The van der Waals surface area contributed by atoms with Crippen LogP contribution >= 0.6 is 11.6 Å². The fraction of sp³-hybridized carbons (Fsp3) is 0.250. The Labute approximate surface area is 129 Å². The molecule has 1 aliphatic heterocycles. The molecule has 3 rings (SSSR count). The van der Waals surface area contributed by atoms with Crippen LogP contribution in [-0.2, 0) is 0 Å². The minimum absolute atomic E-state index is 0.151. The van der Waals surface area contributed by atoms with Gasteiger partial charge >= 0.3 is 0 Å². The Morgan fingerprint density at radius 2 is 2.10 bits per heavy atom. The minimum Gasteiger partial charge on any atom is -0.346 e. The molecule has 1 fully saturated rings. The summed E-state index contributed by atoms with van der Waals surface area (Å²) >= 11 is 5.97. The molecule has 0 radical (unpaired) electrons. The summed E-state index contributed by atoms with van der Waals surface area (Å²) in [4.78, 5) is 6.61. The van der Waals surface area contributed by atoms with Crippen molar-refractivity contribution >= 4 is 17.4 Å². The molecule has 0 bridgehead atoms. The maximum atomic E-state index is 9.29. The van der Waals surface area contributed by atoms with Gasteiger partial charge in [-0.1, -0.05) is 23.7 Å². The number of hydrogen-bond donors (Lipinski definition) is 1. The second-order valence-electron chi connectivity index (χ2n) is 4.95. The molecule has 5 heteroatoms. The number of hydrogen-bond acceptors (Lipinski definition) is 4. The van der Waals surface area contributed by atoms with Crippen LogP contribution in [0.25, 0.3) is 0 Å². The number of nitriles is 1. The number of aromatic nitrogens is 1. The van der Waals surface area contributed by atoms with Crippen LogP contribution in [0.5, 0.6) is 0 Å². The van der Waals surface area contributed by atoms with Crippen molar-refractivity contribution in [3.8, 4) is 6.07 Å². The molecule has 2 heterocycles. The average Bonchev–Trinajstić information content (AvgIpc) is 2.55. The highest BCUT2D eigenvalue weighted by Crippen LogP contribution is 2.29. The molecule has 0 spiro atoms. The van der Waals surface area contributed by atoms with E-state index >= 15 is 0 Å². The highest BCUT2D eigenvalue weighted by molar-refractivity contribution is 6.30. The van der Waals surface area contributed by atoms with Crippen LogP contribution in [0, 0.1) is 11.3 Å². The predicted octanol–water partition coefficient (Wildman–Crippen LogP) is 2.76. The Morgan fingerprint density at radius 1 is 1.29 bits per heavy atom. The molecule has 1 saturated heterocycles. The molecule has 4 nitrogen and oxygen atoms in total. The summed E-state index contributed by atoms with van der Waals surface area (Å²) < 4.78 is 0. The lowest BCUT2D eigenvalue weighted by molar-refractivity contribution is 0.486. The van der Waals surface area contributed by atoms with Crippen LogP contribution in [0.2, 0.25) is 5.02 Å². The third-order valence-electron chi connectivity index (χ3n) is 3.68. The Balaban J connectivity index is 1.98. The lowest BCUT2D eigenvalue weighted by Gasteiger charge is -2.37. The molecule has 1 N–H and O–H groups in total. The fourth-order valence-electron chi connectivity index (χ4n) is 2.65. The Hall–Kier alpha value is -2.09. The molecule has 1 aromatic carbocycles. The molecule has 106 valence electrons. The molecule has 1 aliphatic rings. The standard InChI is InChI=1S/C16H15ClN4/c17-14-5-3-12(4-6-14)15-11-19-8-9-21(15)16-13(10-18)2-1-7-20-16/h1-7,15,19H,8-9,11H2/t15-/m0/s1. The van der Waals surface area contributed by atoms with Gasteiger partial charge in [0.15, 0.2) is 0 Å². The van der Waals surface area contributed by atoms with Crippen LogP contribution in [0.1, 0.15) is 17.2 Å². The molecule has 0 aliphatic carbocycles. The monoisotopic (exact) mass is 298 g/mol. The van der Waals surface area contributed by atoms with Crippen molar-refractivity contribution in [2.24, 2.45) is 0 Å². The zero-order valence-electron chi connectivity index (χ0n) is 11.5. The Morgan fingerprint density at radius 3 is 2.86 bits per heavy atom. The highest BCUT2D eigenvalue weighted by Gasteiger charge is 2.26. The third kappa shape index (κ3) is 2.85. The Bertz CT molecular complexity index is 663. The number of halogens is 1. The molecule has 0 saturated carbocycles. The number of nitrogens with one attached hydrogen (secondary N) is 1. The van der Waals surface area contributed by atoms with Gasteiger partial charge in [-0.05, 0) is 29.8 Å². The SMILES string of the molecule is N#Cc1cccnc1N1CCNC[C@H]1c1ccc(Cl)cc1. The minimum atomic E-state index is 0.151. The van der Waals surface area contributed by atoms with E-state index in [4.69, 9.17) is 11.6 Å². The summed E-state index contributed by atoms with van der Waals surface area (Å²) in [6.45, 7) is 2.52. The molecule has 1 atom stereocenters. The Kier molecular flexibility index (Phi) is 4.05. The van der Waals surface area contributed by atoms with Gasteiger partial charge in [0.05, 0.1) is 11.6 Å². The lowest BCUT2D eigenvalue weighted by Crippen LogP contribution is -2.46. The first kappa shape index (κ1) is 13.9. The van der Waals surface area contributed by atoms with Crippen LogP contribution in [0.15, 0.2) is 42.6 Å². The van der Waals surface area contributed by atoms with E-state index in [2.05, 4.69) is 21.3 Å². The van der Waals surface area contributed by atoms with E-state index < -0.39 is 0 Å². The molecule has 21 heavy (non-hydrogen) atoms. The summed E-state index contributed by atoms with van der Waals surface area (Å²) in [7, 11) is 0. The third-order valence-corrected chi connectivity index (χ3v) is 3.93. The van der Waals surface area contributed by atoms with Crippen molar-refractivity contribution < 1.29 is 0 Å². The van der Waals surface area contributed by atoms with E-state index in [9.17, 15) is 5.26 Å². The van der Waals surface area contributed by atoms with Crippen molar-refractivity contribution in [2.45, 2.75) is 6.04 Å². The number of piperazine rings is 1. The number of anilines is 1. The van der Waals surface area contributed by atoms with Gasteiger partial charge in [0.1, 0.15) is 11.9 Å². The maximum absolute atomic E-state index is 9.29. The van der Waals surface area contributed by atoms with E-state index in [1.807, 2.05) is 30.3 Å². The van der Waals surface area contributed by atoms with Gasteiger partial charge in [0.25, 0.3) is 0 Å². The number of pyridine rings is 1. The average molecular weight is 299 g/mol. The van der Waals surface area contributed by atoms with Crippen LogP contribution < -0.4 is 10.2 Å². The van der Waals surface area contributed by atoms with E-state index in [1.165, 1.54) is 5.56 Å². The van der Waals surface area contributed by atoms with Gasteiger partial charge in [-0.2, -0.15) is 5.26 Å². The number of benzene rings is 1. The van der Waals surface area contributed by atoms with E-state index in [0.29, 0.717) is 5.56 Å². The first-order chi connectivity index (χ1) is 10.3. The first-order valence-electron chi connectivity index (χ1n) is 6.87.